The van der Waals surface area contributed by atoms with Gasteiger partial charge in [-0.1, -0.05) is 18.2 Å². The molecule has 0 aliphatic carbocycles. The maximum absolute atomic E-state index is 10.9. The van der Waals surface area contributed by atoms with Crippen molar-refractivity contribution in [2.75, 3.05) is 7.05 Å². The van der Waals surface area contributed by atoms with E-state index >= 15 is 0 Å². The highest BCUT2D eigenvalue weighted by atomic mass is 32.1. The standard InChI is InChI=1S/C8H12N2OS/c1-3-4-5-6-7(11)10-8(12)9-2/h3-6H,1-2H3,(H2,9,10,11,12)/b4-3+,6-5+. The molecule has 2 N–H and O–H groups in total. The Morgan fingerprint density at radius 1 is 1.42 bits per heavy atom. The second-order valence-corrected chi connectivity index (χ2v) is 2.36. The van der Waals surface area contributed by atoms with Crippen LogP contribution < -0.4 is 10.6 Å². The van der Waals surface area contributed by atoms with E-state index in [1.165, 1.54) is 6.08 Å². The van der Waals surface area contributed by atoms with Crippen LogP contribution in [0.5, 0.6) is 0 Å². The predicted molar refractivity (Wildman–Crippen MR) is 53.8 cm³/mol. The maximum Gasteiger partial charge on any atom is 0.250 e. The molecule has 66 valence electrons. The highest BCUT2D eigenvalue weighted by Gasteiger charge is 1.95. The van der Waals surface area contributed by atoms with Gasteiger partial charge in [-0.25, -0.2) is 0 Å². The molecule has 0 aromatic heterocycles. The lowest BCUT2D eigenvalue weighted by Gasteiger charge is -2.00. The van der Waals surface area contributed by atoms with E-state index < -0.39 is 0 Å². The first-order valence-corrected chi connectivity index (χ1v) is 3.93. The average molecular weight is 184 g/mol. The highest BCUT2D eigenvalue weighted by molar-refractivity contribution is 7.80. The van der Waals surface area contributed by atoms with Crippen LogP contribution in [-0.4, -0.2) is 18.1 Å². The summed E-state index contributed by atoms with van der Waals surface area (Å²) in [5.74, 6) is -0.229. The lowest BCUT2D eigenvalue weighted by Crippen LogP contribution is -2.36. The van der Waals surface area contributed by atoms with Gasteiger partial charge in [-0.15, -0.1) is 0 Å². The summed E-state index contributed by atoms with van der Waals surface area (Å²) in [6.45, 7) is 1.88. The first kappa shape index (κ1) is 10.8. The van der Waals surface area contributed by atoms with Crippen LogP contribution in [-0.2, 0) is 4.79 Å². The number of thiocarbonyl (C=S) groups is 1. The quantitative estimate of drug-likeness (QED) is 0.378. The van der Waals surface area contributed by atoms with Gasteiger partial charge in [-0.05, 0) is 19.1 Å². The molecule has 0 rings (SSSR count). The molecule has 0 aromatic rings. The number of hydrogen-bond acceptors (Lipinski definition) is 2. The van der Waals surface area contributed by atoms with Gasteiger partial charge in [0.15, 0.2) is 5.11 Å². The fraction of sp³-hybridized carbons (Fsp3) is 0.250. The van der Waals surface area contributed by atoms with Crippen LogP contribution >= 0.6 is 12.2 Å². The zero-order valence-electron chi connectivity index (χ0n) is 7.13. The minimum absolute atomic E-state index is 0.229. The lowest BCUT2D eigenvalue weighted by molar-refractivity contribution is -0.115. The van der Waals surface area contributed by atoms with Crippen LogP contribution in [0.2, 0.25) is 0 Å². The summed E-state index contributed by atoms with van der Waals surface area (Å²) in [4.78, 5) is 10.9. The Morgan fingerprint density at radius 2 is 2.08 bits per heavy atom. The lowest BCUT2D eigenvalue weighted by atomic mass is 10.4. The molecular weight excluding hydrogens is 172 g/mol. The summed E-state index contributed by atoms with van der Waals surface area (Å²) in [5, 5.41) is 5.41. The number of allylic oxidation sites excluding steroid dienone is 3. The molecule has 0 saturated heterocycles. The van der Waals surface area contributed by atoms with Crippen LogP contribution in [0, 0.1) is 0 Å². The van der Waals surface area contributed by atoms with E-state index in [4.69, 9.17) is 12.2 Å². The van der Waals surface area contributed by atoms with E-state index in [1.54, 1.807) is 19.2 Å². The number of carbonyl (C=O) groups excluding carboxylic acids is 1. The summed E-state index contributed by atoms with van der Waals surface area (Å²) < 4.78 is 0. The fourth-order valence-electron chi connectivity index (χ4n) is 0.470. The van der Waals surface area contributed by atoms with Gasteiger partial charge < -0.3 is 5.32 Å². The van der Waals surface area contributed by atoms with E-state index in [0.29, 0.717) is 5.11 Å². The Balaban J connectivity index is 3.81. The summed E-state index contributed by atoms with van der Waals surface area (Å²) in [6, 6.07) is 0. The average Bonchev–Trinajstić information content (AvgIpc) is 2.05. The summed E-state index contributed by atoms with van der Waals surface area (Å²) >= 11 is 4.72. The van der Waals surface area contributed by atoms with Crippen LogP contribution in [0.3, 0.4) is 0 Å². The third kappa shape index (κ3) is 5.61. The van der Waals surface area contributed by atoms with E-state index in [0.717, 1.165) is 0 Å². The monoisotopic (exact) mass is 184 g/mol. The Morgan fingerprint density at radius 3 is 2.58 bits per heavy atom. The van der Waals surface area contributed by atoms with E-state index in [-0.39, 0.29) is 5.91 Å². The Bertz CT molecular complexity index is 221. The first-order valence-electron chi connectivity index (χ1n) is 3.52. The van der Waals surface area contributed by atoms with Crippen LogP contribution in [0.25, 0.3) is 0 Å². The topological polar surface area (TPSA) is 41.1 Å². The highest BCUT2D eigenvalue weighted by Crippen LogP contribution is 1.77. The minimum atomic E-state index is -0.229. The van der Waals surface area contributed by atoms with Crippen molar-refractivity contribution in [3.8, 4) is 0 Å². The van der Waals surface area contributed by atoms with Crippen LogP contribution in [0.1, 0.15) is 6.92 Å². The zero-order chi connectivity index (χ0) is 9.40. The second kappa shape index (κ2) is 6.54. The van der Waals surface area contributed by atoms with Crippen molar-refractivity contribution in [2.24, 2.45) is 0 Å². The molecular formula is C8H12N2OS. The molecule has 0 aliphatic rings. The van der Waals surface area contributed by atoms with Crippen molar-refractivity contribution in [1.82, 2.24) is 10.6 Å². The van der Waals surface area contributed by atoms with Crippen molar-refractivity contribution in [3.05, 3.63) is 24.3 Å². The van der Waals surface area contributed by atoms with Crippen molar-refractivity contribution in [2.45, 2.75) is 6.92 Å². The van der Waals surface area contributed by atoms with E-state index in [9.17, 15) is 4.79 Å². The largest absolute Gasteiger partial charge is 0.365 e. The third-order valence-corrected chi connectivity index (χ3v) is 1.32. The predicted octanol–water partition coefficient (Wildman–Crippen LogP) is 0.739. The van der Waals surface area contributed by atoms with Gasteiger partial charge in [0.05, 0.1) is 0 Å². The smallest absolute Gasteiger partial charge is 0.250 e. The Hall–Kier alpha value is -1.16. The SMILES string of the molecule is C/C=C/C=C/C(=O)NC(=S)NC. The molecule has 0 unspecified atom stereocenters. The third-order valence-electron chi connectivity index (χ3n) is 1.01. The zero-order valence-corrected chi connectivity index (χ0v) is 7.94. The fourth-order valence-corrected chi connectivity index (χ4v) is 0.571. The molecule has 1 amide bonds. The molecule has 0 bridgehead atoms. The van der Waals surface area contributed by atoms with Gasteiger partial charge in [0.2, 0.25) is 5.91 Å². The Labute approximate surface area is 77.5 Å². The van der Waals surface area contributed by atoms with Gasteiger partial charge in [-0.3, -0.25) is 10.1 Å². The second-order valence-electron chi connectivity index (χ2n) is 1.95. The van der Waals surface area contributed by atoms with Crippen molar-refractivity contribution in [1.29, 1.82) is 0 Å². The molecule has 0 spiro atoms. The minimum Gasteiger partial charge on any atom is -0.365 e. The first-order chi connectivity index (χ1) is 5.70. The molecule has 0 radical (unpaired) electrons. The van der Waals surface area contributed by atoms with Crippen molar-refractivity contribution in [3.63, 3.8) is 0 Å². The molecule has 0 fully saturated rings. The van der Waals surface area contributed by atoms with Crippen molar-refractivity contribution >= 4 is 23.2 Å². The molecule has 12 heavy (non-hydrogen) atoms. The summed E-state index contributed by atoms with van der Waals surface area (Å²) in [7, 11) is 1.65. The van der Waals surface area contributed by atoms with Gasteiger partial charge >= 0.3 is 0 Å². The van der Waals surface area contributed by atoms with E-state index in [2.05, 4.69) is 10.6 Å². The number of hydrogen-bond donors (Lipinski definition) is 2. The van der Waals surface area contributed by atoms with Gasteiger partial charge in [-0.2, -0.15) is 0 Å². The number of nitrogens with one attached hydrogen (secondary N) is 2. The molecule has 4 heteroatoms. The molecule has 3 nitrogen and oxygen atoms in total. The van der Waals surface area contributed by atoms with Crippen LogP contribution in [0.15, 0.2) is 24.3 Å². The molecule has 0 aliphatic heterocycles. The maximum atomic E-state index is 10.9. The summed E-state index contributed by atoms with van der Waals surface area (Å²) in [5.41, 5.74) is 0. The Kier molecular flexibility index (Phi) is 5.91. The molecule has 0 aromatic carbocycles. The van der Waals surface area contributed by atoms with Gasteiger partial charge in [0.1, 0.15) is 0 Å². The molecule has 0 heterocycles. The summed E-state index contributed by atoms with van der Waals surface area (Å²) in [6.07, 6.45) is 6.65. The van der Waals surface area contributed by atoms with Gasteiger partial charge in [0, 0.05) is 13.1 Å². The normalized spacial score (nSPS) is 10.5. The number of carbonyl (C=O) groups is 1. The number of rotatable bonds is 2. The van der Waals surface area contributed by atoms with E-state index in [1.807, 2.05) is 13.0 Å². The van der Waals surface area contributed by atoms with Gasteiger partial charge in [0.25, 0.3) is 0 Å². The molecule has 0 saturated carbocycles. The van der Waals surface area contributed by atoms with Crippen LogP contribution in [0.4, 0.5) is 0 Å². The number of amides is 1. The molecule has 0 atom stereocenters. The van der Waals surface area contributed by atoms with Crippen molar-refractivity contribution < 1.29 is 4.79 Å².